The molecule has 1 N–H and O–H groups in total. The number of carbonyl (C=O) groups is 1. The highest BCUT2D eigenvalue weighted by molar-refractivity contribution is 9.10. The second-order valence-electron chi connectivity index (χ2n) is 4.72. The minimum absolute atomic E-state index is 0.127. The van der Waals surface area contributed by atoms with Crippen molar-refractivity contribution >= 4 is 33.4 Å². The van der Waals surface area contributed by atoms with Crippen molar-refractivity contribution in [1.82, 2.24) is 5.32 Å². The van der Waals surface area contributed by atoms with E-state index in [1.165, 1.54) is 0 Å². The normalized spacial score (nSPS) is 19.6. The molecule has 1 amide bonds. The number of ether oxygens (including phenoxy) is 2. The molecule has 1 aliphatic heterocycles. The third-order valence-electron chi connectivity index (χ3n) is 3.09. The molecule has 4 nitrogen and oxygen atoms in total. The van der Waals surface area contributed by atoms with Gasteiger partial charge in [0.15, 0.2) is 6.10 Å². The molecule has 0 saturated carbocycles. The number of rotatable bonds is 5. The van der Waals surface area contributed by atoms with Gasteiger partial charge >= 0.3 is 0 Å². The Morgan fingerprint density at radius 2 is 2.45 bits per heavy atom. The zero-order chi connectivity index (χ0) is 14.5. The minimum Gasteiger partial charge on any atom is -0.479 e. The first-order valence-electron chi connectivity index (χ1n) is 6.57. The van der Waals surface area contributed by atoms with E-state index in [4.69, 9.17) is 21.1 Å². The van der Waals surface area contributed by atoms with Crippen LogP contribution in [0.4, 0.5) is 0 Å². The predicted octanol–water partition coefficient (Wildman–Crippen LogP) is 3.17. The molecule has 0 radical (unpaired) electrons. The van der Waals surface area contributed by atoms with Gasteiger partial charge in [-0.3, -0.25) is 4.79 Å². The van der Waals surface area contributed by atoms with Gasteiger partial charge in [-0.2, -0.15) is 0 Å². The van der Waals surface area contributed by atoms with Crippen LogP contribution >= 0.6 is 27.5 Å². The Bertz CT molecular complexity index is 477. The Morgan fingerprint density at radius 1 is 1.65 bits per heavy atom. The van der Waals surface area contributed by atoms with Crippen LogP contribution in [0.2, 0.25) is 5.02 Å². The van der Waals surface area contributed by atoms with Crippen LogP contribution < -0.4 is 10.1 Å². The fourth-order valence-corrected chi connectivity index (χ4v) is 2.70. The van der Waals surface area contributed by atoms with Crippen LogP contribution in [0.3, 0.4) is 0 Å². The Balaban J connectivity index is 1.83. The SMILES string of the molecule is C[C@@H](Oc1ccc(Br)cc1Cl)C(=O)NC[C@H]1CCCO1. The summed E-state index contributed by atoms with van der Waals surface area (Å²) < 4.78 is 11.9. The molecule has 1 saturated heterocycles. The molecule has 6 heteroatoms. The monoisotopic (exact) mass is 361 g/mol. The smallest absolute Gasteiger partial charge is 0.260 e. The fourth-order valence-electron chi connectivity index (χ4n) is 1.98. The van der Waals surface area contributed by atoms with Crippen molar-refractivity contribution in [2.75, 3.05) is 13.2 Å². The Labute approximate surface area is 131 Å². The van der Waals surface area contributed by atoms with E-state index in [0.29, 0.717) is 17.3 Å². The van der Waals surface area contributed by atoms with Crippen LogP contribution in [-0.4, -0.2) is 31.3 Å². The number of hydrogen-bond donors (Lipinski definition) is 1. The van der Waals surface area contributed by atoms with Crippen LogP contribution in [0.15, 0.2) is 22.7 Å². The van der Waals surface area contributed by atoms with Gasteiger partial charge in [0.05, 0.1) is 11.1 Å². The van der Waals surface area contributed by atoms with Crippen LogP contribution in [0.25, 0.3) is 0 Å². The lowest BCUT2D eigenvalue weighted by Gasteiger charge is -2.17. The van der Waals surface area contributed by atoms with Crippen LogP contribution in [0.5, 0.6) is 5.75 Å². The first-order valence-corrected chi connectivity index (χ1v) is 7.74. The van der Waals surface area contributed by atoms with Gasteiger partial charge in [0.1, 0.15) is 5.75 Å². The van der Waals surface area contributed by atoms with Crippen molar-refractivity contribution in [3.63, 3.8) is 0 Å². The Kier molecular flexibility index (Phi) is 5.69. The quantitative estimate of drug-likeness (QED) is 0.875. The predicted molar refractivity (Wildman–Crippen MR) is 81.2 cm³/mol. The maximum atomic E-state index is 11.9. The van der Waals surface area contributed by atoms with Crippen LogP contribution in [-0.2, 0) is 9.53 Å². The van der Waals surface area contributed by atoms with Gasteiger partial charge in [-0.1, -0.05) is 27.5 Å². The van der Waals surface area contributed by atoms with Crippen LogP contribution in [0.1, 0.15) is 19.8 Å². The zero-order valence-electron chi connectivity index (χ0n) is 11.2. The molecular weight excluding hydrogens is 346 g/mol. The van der Waals surface area contributed by atoms with Crippen molar-refractivity contribution in [1.29, 1.82) is 0 Å². The van der Waals surface area contributed by atoms with Crippen molar-refractivity contribution < 1.29 is 14.3 Å². The molecular formula is C14H17BrClNO3. The largest absolute Gasteiger partial charge is 0.479 e. The Morgan fingerprint density at radius 3 is 3.10 bits per heavy atom. The van der Waals surface area contributed by atoms with Gasteiger partial charge in [0.25, 0.3) is 5.91 Å². The number of nitrogens with one attached hydrogen (secondary N) is 1. The van der Waals surface area contributed by atoms with Gasteiger partial charge in [-0.25, -0.2) is 0 Å². The zero-order valence-corrected chi connectivity index (χ0v) is 13.5. The van der Waals surface area contributed by atoms with Crippen LogP contribution in [0, 0.1) is 0 Å². The maximum Gasteiger partial charge on any atom is 0.260 e. The summed E-state index contributed by atoms with van der Waals surface area (Å²) in [4.78, 5) is 11.9. The molecule has 0 bridgehead atoms. The summed E-state index contributed by atoms with van der Waals surface area (Å²) in [5.74, 6) is 0.328. The molecule has 1 aromatic carbocycles. The van der Waals surface area contributed by atoms with E-state index < -0.39 is 6.10 Å². The molecule has 1 aromatic rings. The third-order valence-corrected chi connectivity index (χ3v) is 3.88. The number of hydrogen-bond acceptors (Lipinski definition) is 3. The summed E-state index contributed by atoms with van der Waals surface area (Å²) in [6, 6.07) is 5.28. The van der Waals surface area contributed by atoms with Crippen molar-refractivity contribution in [2.45, 2.75) is 32.0 Å². The summed E-state index contributed by atoms with van der Waals surface area (Å²) >= 11 is 9.37. The molecule has 0 spiro atoms. The highest BCUT2D eigenvalue weighted by atomic mass is 79.9. The van der Waals surface area contributed by atoms with Gasteiger partial charge < -0.3 is 14.8 Å². The number of amides is 1. The molecule has 20 heavy (non-hydrogen) atoms. The molecule has 1 heterocycles. The topological polar surface area (TPSA) is 47.6 Å². The molecule has 2 rings (SSSR count). The molecule has 1 aliphatic rings. The molecule has 0 unspecified atom stereocenters. The van der Waals surface area contributed by atoms with Crippen molar-refractivity contribution in [3.05, 3.63) is 27.7 Å². The van der Waals surface area contributed by atoms with Gasteiger partial charge in [0, 0.05) is 17.6 Å². The molecule has 0 aromatic heterocycles. The maximum absolute atomic E-state index is 11.9. The second-order valence-corrected chi connectivity index (χ2v) is 6.04. The summed E-state index contributed by atoms with van der Waals surface area (Å²) in [6.45, 7) is 3.00. The van der Waals surface area contributed by atoms with E-state index in [2.05, 4.69) is 21.2 Å². The van der Waals surface area contributed by atoms with Gasteiger partial charge in [-0.05, 0) is 38.0 Å². The van der Waals surface area contributed by atoms with E-state index in [9.17, 15) is 4.79 Å². The molecule has 110 valence electrons. The first kappa shape index (κ1) is 15.6. The van der Waals surface area contributed by atoms with Gasteiger partial charge in [0.2, 0.25) is 0 Å². The number of carbonyl (C=O) groups excluding carboxylic acids is 1. The highest BCUT2D eigenvalue weighted by Gasteiger charge is 2.20. The van der Waals surface area contributed by atoms with E-state index in [1.54, 1.807) is 19.1 Å². The average molecular weight is 363 g/mol. The summed E-state index contributed by atoms with van der Waals surface area (Å²) in [5, 5.41) is 3.30. The van der Waals surface area contributed by atoms with E-state index in [1.807, 2.05) is 6.07 Å². The number of halogens is 2. The lowest BCUT2D eigenvalue weighted by molar-refractivity contribution is -0.127. The fraction of sp³-hybridized carbons (Fsp3) is 0.500. The summed E-state index contributed by atoms with van der Waals surface area (Å²) in [5.41, 5.74) is 0. The summed E-state index contributed by atoms with van der Waals surface area (Å²) in [6.07, 6.45) is 1.58. The second kappa shape index (κ2) is 7.29. The Hall–Kier alpha value is -0.780. The number of benzene rings is 1. The first-order chi connectivity index (χ1) is 9.56. The van der Waals surface area contributed by atoms with Crippen molar-refractivity contribution in [2.24, 2.45) is 0 Å². The molecule has 0 aliphatic carbocycles. The van der Waals surface area contributed by atoms with Crippen molar-refractivity contribution in [3.8, 4) is 5.75 Å². The summed E-state index contributed by atoms with van der Waals surface area (Å²) in [7, 11) is 0. The van der Waals surface area contributed by atoms with E-state index in [0.717, 1.165) is 23.9 Å². The lowest BCUT2D eigenvalue weighted by atomic mass is 10.2. The minimum atomic E-state index is -0.602. The van der Waals surface area contributed by atoms with Gasteiger partial charge in [-0.15, -0.1) is 0 Å². The van der Waals surface area contributed by atoms with E-state index >= 15 is 0 Å². The standard InChI is InChI=1S/C14H17BrClNO3/c1-9(14(18)17-8-11-3-2-6-19-11)20-13-5-4-10(15)7-12(13)16/h4-5,7,9,11H,2-3,6,8H2,1H3,(H,17,18)/t9-,11-/m1/s1. The average Bonchev–Trinajstić information content (AvgIpc) is 2.92. The lowest BCUT2D eigenvalue weighted by Crippen LogP contribution is -2.40. The molecule has 2 atom stereocenters. The third kappa shape index (κ3) is 4.36. The molecule has 1 fully saturated rings. The highest BCUT2D eigenvalue weighted by Crippen LogP contribution is 2.28. The van der Waals surface area contributed by atoms with E-state index in [-0.39, 0.29) is 12.0 Å².